The van der Waals surface area contributed by atoms with Crippen LogP contribution in [0.3, 0.4) is 0 Å². The molecule has 8 nitrogen and oxygen atoms in total. The van der Waals surface area contributed by atoms with Gasteiger partial charge in [0.05, 0.1) is 19.8 Å². The molecule has 1 aliphatic rings. The molecule has 0 saturated carbocycles. The van der Waals surface area contributed by atoms with E-state index in [1.165, 1.54) is 0 Å². The second-order valence-electron chi connectivity index (χ2n) is 7.67. The standard InChI is InChI=1S/C22H26N4O4/c1-28-18-5-3-4-17(10-18)20-11-19(30-25-20)12-22(27)6-8-26(9-7-22)15-16-13-23-21(29-2)24-14-16/h3-5,10-11,13-14,27H,6-9,12,15H2,1-2H3. The number of likely N-dealkylation sites (tertiary alicyclic amines) is 1. The zero-order valence-electron chi connectivity index (χ0n) is 17.2. The molecule has 0 unspecified atom stereocenters. The smallest absolute Gasteiger partial charge is 0.316 e. The van der Waals surface area contributed by atoms with E-state index < -0.39 is 5.60 Å². The molecule has 1 aromatic carbocycles. The van der Waals surface area contributed by atoms with Crippen molar-refractivity contribution in [3.8, 4) is 23.0 Å². The number of aliphatic hydroxyl groups is 1. The summed E-state index contributed by atoms with van der Waals surface area (Å²) in [5, 5.41) is 15.2. The van der Waals surface area contributed by atoms with Gasteiger partial charge >= 0.3 is 6.01 Å². The van der Waals surface area contributed by atoms with Crippen LogP contribution in [0.25, 0.3) is 11.3 Å². The first-order valence-corrected chi connectivity index (χ1v) is 9.96. The van der Waals surface area contributed by atoms with Gasteiger partial charge in [0.25, 0.3) is 0 Å². The van der Waals surface area contributed by atoms with Gasteiger partial charge in [-0.05, 0) is 25.0 Å². The molecule has 3 heterocycles. The SMILES string of the molecule is COc1cccc(-c2cc(CC3(O)CCN(Cc4cnc(OC)nc4)CC3)on2)c1. The molecular weight excluding hydrogens is 384 g/mol. The van der Waals surface area contributed by atoms with Gasteiger partial charge in [0.2, 0.25) is 0 Å². The molecule has 0 atom stereocenters. The summed E-state index contributed by atoms with van der Waals surface area (Å²) in [5.41, 5.74) is 1.90. The van der Waals surface area contributed by atoms with Crippen LogP contribution in [0, 0.1) is 0 Å². The first-order valence-electron chi connectivity index (χ1n) is 9.96. The first-order chi connectivity index (χ1) is 14.6. The number of hydrogen-bond donors (Lipinski definition) is 1. The van der Waals surface area contributed by atoms with Crippen molar-refractivity contribution < 1.29 is 19.1 Å². The Hall–Kier alpha value is -2.97. The third-order valence-corrected chi connectivity index (χ3v) is 5.48. The molecule has 158 valence electrons. The molecule has 0 radical (unpaired) electrons. The second-order valence-corrected chi connectivity index (χ2v) is 7.67. The number of ether oxygens (including phenoxy) is 2. The van der Waals surface area contributed by atoms with Crippen molar-refractivity contribution in [2.24, 2.45) is 0 Å². The van der Waals surface area contributed by atoms with Crippen LogP contribution in [-0.2, 0) is 13.0 Å². The lowest BCUT2D eigenvalue weighted by Crippen LogP contribution is -2.45. The highest BCUT2D eigenvalue weighted by atomic mass is 16.5. The van der Waals surface area contributed by atoms with Crippen molar-refractivity contribution >= 4 is 0 Å². The second kappa shape index (κ2) is 8.81. The summed E-state index contributed by atoms with van der Waals surface area (Å²) in [7, 11) is 3.19. The first kappa shape index (κ1) is 20.3. The van der Waals surface area contributed by atoms with Crippen LogP contribution in [-0.4, -0.2) is 58.0 Å². The molecule has 0 aliphatic carbocycles. The summed E-state index contributed by atoms with van der Waals surface area (Å²) < 4.78 is 15.8. The Morgan fingerprint density at radius 2 is 1.87 bits per heavy atom. The van der Waals surface area contributed by atoms with Crippen molar-refractivity contribution in [3.63, 3.8) is 0 Å². The highest BCUT2D eigenvalue weighted by Gasteiger charge is 2.33. The monoisotopic (exact) mass is 410 g/mol. The molecule has 4 rings (SSSR count). The van der Waals surface area contributed by atoms with Crippen LogP contribution in [0.2, 0.25) is 0 Å². The van der Waals surface area contributed by atoms with Gasteiger partial charge in [0.1, 0.15) is 17.2 Å². The van der Waals surface area contributed by atoms with Crippen LogP contribution < -0.4 is 9.47 Å². The number of methoxy groups -OCH3 is 2. The Morgan fingerprint density at radius 3 is 2.57 bits per heavy atom. The van der Waals surface area contributed by atoms with E-state index in [-0.39, 0.29) is 0 Å². The molecule has 8 heteroatoms. The number of benzene rings is 1. The molecule has 1 saturated heterocycles. The normalized spacial score (nSPS) is 16.4. The molecule has 30 heavy (non-hydrogen) atoms. The fourth-order valence-electron chi connectivity index (χ4n) is 3.73. The molecule has 0 spiro atoms. The number of hydrogen-bond acceptors (Lipinski definition) is 8. The quantitative estimate of drug-likeness (QED) is 0.635. The summed E-state index contributed by atoms with van der Waals surface area (Å²) in [5.74, 6) is 1.46. The molecule has 1 aliphatic heterocycles. The lowest BCUT2D eigenvalue weighted by atomic mass is 9.87. The number of rotatable bonds is 7. The van der Waals surface area contributed by atoms with Gasteiger partial charge < -0.3 is 19.1 Å². The van der Waals surface area contributed by atoms with E-state index in [1.54, 1.807) is 26.6 Å². The van der Waals surface area contributed by atoms with Crippen molar-refractivity contribution in [2.45, 2.75) is 31.4 Å². The van der Waals surface area contributed by atoms with Gasteiger partial charge in [-0.25, -0.2) is 9.97 Å². The summed E-state index contributed by atoms with van der Waals surface area (Å²) in [6.07, 6.45) is 5.34. The van der Waals surface area contributed by atoms with Crippen LogP contribution in [0.5, 0.6) is 11.8 Å². The van der Waals surface area contributed by atoms with Crippen molar-refractivity contribution in [3.05, 3.63) is 54.0 Å². The minimum absolute atomic E-state index is 0.368. The number of piperidine rings is 1. The van der Waals surface area contributed by atoms with Gasteiger partial charge in [-0.3, -0.25) is 4.90 Å². The lowest BCUT2D eigenvalue weighted by molar-refractivity contribution is -0.0265. The predicted molar refractivity (Wildman–Crippen MR) is 110 cm³/mol. The largest absolute Gasteiger partial charge is 0.497 e. The van der Waals surface area contributed by atoms with E-state index in [0.717, 1.165) is 42.2 Å². The Labute approximate surface area is 175 Å². The summed E-state index contributed by atoms with van der Waals surface area (Å²) in [6, 6.07) is 9.94. The van der Waals surface area contributed by atoms with Gasteiger partial charge in [-0.2, -0.15) is 0 Å². The van der Waals surface area contributed by atoms with E-state index in [0.29, 0.717) is 31.0 Å². The maximum absolute atomic E-state index is 11.1. The van der Waals surface area contributed by atoms with Crippen molar-refractivity contribution in [1.82, 2.24) is 20.0 Å². The van der Waals surface area contributed by atoms with E-state index in [4.69, 9.17) is 14.0 Å². The molecule has 1 fully saturated rings. The van der Waals surface area contributed by atoms with E-state index in [1.807, 2.05) is 30.3 Å². The van der Waals surface area contributed by atoms with E-state index in [2.05, 4.69) is 20.0 Å². The van der Waals surface area contributed by atoms with Crippen LogP contribution in [0.4, 0.5) is 0 Å². The summed E-state index contributed by atoms with van der Waals surface area (Å²) in [6.45, 7) is 2.33. The highest BCUT2D eigenvalue weighted by molar-refractivity contribution is 5.60. The molecular formula is C22H26N4O4. The van der Waals surface area contributed by atoms with Crippen molar-refractivity contribution in [2.75, 3.05) is 27.3 Å². The van der Waals surface area contributed by atoms with Gasteiger partial charge in [0.15, 0.2) is 0 Å². The van der Waals surface area contributed by atoms with Gasteiger partial charge in [-0.1, -0.05) is 17.3 Å². The molecule has 0 bridgehead atoms. The third kappa shape index (κ3) is 4.77. The van der Waals surface area contributed by atoms with Crippen molar-refractivity contribution in [1.29, 1.82) is 0 Å². The maximum atomic E-state index is 11.1. The van der Waals surface area contributed by atoms with Gasteiger partial charge in [0, 0.05) is 55.6 Å². The third-order valence-electron chi connectivity index (χ3n) is 5.48. The lowest BCUT2D eigenvalue weighted by Gasteiger charge is -2.37. The maximum Gasteiger partial charge on any atom is 0.316 e. The molecule has 1 N–H and O–H groups in total. The molecule has 0 amide bonds. The number of nitrogens with zero attached hydrogens (tertiary/aromatic N) is 4. The predicted octanol–water partition coefficient (Wildman–Crippen LogP) is 2.72. The Balaban J connectivity index is 1.34. The average Bonchev–Trinajstić information content (AvgIpc) is 3.24. The van der Waals surface area contributed by atoms with Crippen LogP contribution in [0.1, 0.15) is 24.2 Å². The minimum atomic E-state index is -0.794. The Bertz CT molecular complexity index is 965. The van der Waals surface area contributed by atoms with Crippen LogP contribution >= 0.6 is 0 Å². The highest BCUT2D eigenvalue weighted by Crippen LogP contribution is 2.29. The molecule has 3 aromatic rings. The fraction of sp³-hybridized carbons (Fsp3) is 0.409. The van der Waals surface area contributed by atoms with Crippen LogP contribution in [0.15, 0.2) is 47.2 Å². The zero-order chi connectivity index (χ0) is 21.0. The minimum Gasteiger partial charge on any atom is -0.497 e. The summed E-state index contributed by atoms with van der Waals surface area (Å²) >= 11 is 0. The van der Waals surface area contributed by atoms with E-state index in [9.17, 15) is 5.11 Å². The Kier molecular flexibility index (Phi) is 5.96. The van der Waals surface area contributed by atoms with Gasteiger partial charge in [-0.15, -0.1) is 0 Å². The van der Waals surface area contributed by atoms with E-state index >= 15 is 0 Å². The number of aromatic nitrogens is 3. The molecule has 2 aromatic heterocycles. The fourth-order valence-corrected chi connectivity index (χ4v) is 3.73. The topological polar surface area (TPSA) is 93.7 Å². The summed E-state index contributed by atoms with van der Waals surface area (Å²) in [4.78, 5) is 10.6. The Morgan fingerprint density at radius 1 is 1.10 bits per heavy atom. The zero-order valence-corrected chi connectivity index (χ0v) is 17.2. The average molecular weight is 410 g/mol.